The van der Waals surface area contributed by atoms with Gasteiger partial charge in [0.2, 0.25) is 0 Å². The van der Waals surface area contributed by atoms with Crippen molar-refractivity contribution in [3.63, 3.8) is 0 Å². The van der Waals surface area contributed by atoms with Crippen molar-refractivity contribution in [1.29, 1.82) is 0 Å². The van der Waals surface area contributed by atoms with Crippen LogP contribution in [0.25, 0.3) is 0 Å². The number of methoxy groups -OCH3 is 1. The molecule has 0 spiro atoms. The quantitative estimate of drug-likeness (QED) is 0.0729. The van der Waals surface area contributed by atoms with Crippen LogP contribution in [0.4, 0.5) is 13.2 Å². The predicted octanol–water partition coefficient (Wildman–Crippen LogP) is 7.45. The number of benzene rings is 3. The van der Waals surface area contributed by atoms with Crippen LogP contribution in [-0.2, 0) is 19.6 Å². The minimum absolute atomic E-state index is 0.540. The molecule has 43 heavy (non-hydrogen) atoms. The number of halogens is 3. The molecule has 0 amide bonds. The van der Waals surface area contributed by atoms with E-state index in [0.717, 1.165) is 33.3 Å². The van der Waals surface area contributed by atoms with Crippen molar-refractivity contribution < 1.29 is 49.8 Å². The molecule has 0 saturated carbocycles. The summed E-state index contributed by atoms with van der Waals surface area (Å²) in [6.45, 7) is 13.1. The molecule has 0 aliphatic carbocycles. The summed E-state index contributed by atoms with van der Waals surface area (Å²) in [6.07, 6.45) is 2.82. The van der Waals surface area contributed by atoms with Crippen LogP contribution in [-0.4, -0.2) is 52.0 Å². The topological polar surface area (TPSA) is 101 Å². The lowest BCUT2D eigenvalue weighted by molar-refractivity contribution is -0.0510. The first kappa shape index (κ1) is 39.2. The van der Waals surface area contributed by atoms with E-state index in [1.165, 1.54) is 12.5 Å². The summed E-state index contributed by atoms with van der Waals surface area (Å²) in [7, 11) is -4.15. The zero-order valence-corrected chi connectivity index (χ0v) is 25.8. The molecule has 0 aromatic heterocycles. The smallest absolute Gasteiger partial charge is 0.498 e. The molecule has 13 heteroatoms. The number of alkyl halides is 3. The molecule has 8 nitrogen and oxygen atoms in total. The fourth-order valence-electron chi connectivity index (χ4n) is 2.86. The summed E-state index contributed by atoms with van der Waals surface area (Å²) in [5.74, 6) is 2.69. The van der Waals surface area contributed by atoms with Crippen LogP contribution in [0.3, 0.4) is 0 Å². The average Bonchev–Trinajstić information content (AvgIpc) is 2.94. The van der Waals surface area contributed by atoms with Gasteiger partial charge in [0.05, 0.1) is 19.6 Å². The Morgan fingerprint density at radius 3 is 1.42 bits per heavy atom. The van der Waals surface area contributed by atoms with Gasteiger partial charge in [-0.2, -0.15) is 21.6 Å². The molecule has 3 aromatic rings. The van der Waals surface area contributed by atoms with E-state index in [0.29, 0.717) is 26.4 Å². The van der Waals surface area contributed by atoms with Crippen LogP contribution >= 0.6 is 12.6 Å². The molecule has 0 saturated heterocycles. The number of hydrogen-bond acceptors (Lipinski definition) is 8. The third-order valence-corrected chi connectivity index (χ3v) is 5.45. The molecular weight excluding hydrogens is 609 g/mol. The van der Waals surface area contributed by atoms with Crippen molar-refractivity contribution in [3.05, 3.63) is 110 Å². The van der Waals surface area contributed by atoms with Crippen LogP contribution in [0.2, 0.25) is 0 Å². The lowest BCUT2D eigenvalue weighted by Gasteiger charge is -2.08. The Hall–Kier alpha value is -3.81. The highest BCUT2D eigenvalue weighted by molar-refractivity contribution is 7.86. The van der Waals surface area contributed by atoms with Crippen molar-refractivity contribution in [2.75, 3.05) is 33.5 Å². The Morgan fingerprint density at radius 2 is 1.14 bits per heavy atom. The third-order valence-electron chi connectivity index (χ3n) is 4.60. The number of ether oxygens (including phenoxy) is 5. The molecule has 0 radical (unpaired) electrons. The van der Waals surface area contributed by atoms with E-state index in [-0.39, 0.29) is 0 Å². The zero-order valence-electron chi connectivity index (χ0n) is 24.1. The van der Waals surface area contributed by atoms with Gasteiger partial charge in [-0.15, -0.1) is 12.6 Å². The highest BCUT2D eigenvalue weighted by Gasteiger charge is 2.44. The predicted molar refractivity (Wildman–Crippen MR) is 163 cm³/mol. The molecule has 0 aliphatic heterocycles. The minimum Gasteiger partial charge on any atom is -0.498 e. The van der Waals surface area contributed by atoms with E-state index in [1.807, 2.05) is 86.6 Å². The van der Waals surface area contributed by atoms with Gasteiger partial charge in [-0.05, 0) is 61.4 Å². The molecule has 1 N–H and O–H groups in total. The monoisotopic (exact) mass is 646 g/mol. The summed E-state index contributed by atoms with van der Waals surface area (Å²) >= 11 is 4.25. The Morgan fingerprint density at radius 1 is 0.791 bits per heavy atom. The minimum atomic E-state index is -5.84. The summed E-state index contributed by atoms with van der Waals surface area (Å²) in [5.41, 5.74) is -3.26. The van der Waals surface area contributed by atoms with Gasteiger partial charge in [-0.25, -0.2) is 0 Å². The first-order valence-corrected chi connectivity index (χ1v) is 14.3. The number of para-hydroxylation sites is 2. The summed E-state index contributed by atoms with van der Waals surface area (Å²) in [4.78, 5) is 0.987. The van der Waals surface area contributed by atoms with E-state index in [2.05, 4.69) is 25.8 Å². The summed E-state index contributed by atoms with van der Waals surface area (Å²) in [6, 6.07) is 23.3. The Bertz CT molecular complexity index is 1210. The summed E-state index contributed by atoms with van der Waals surface area (Å²) in [5, 5.41) is 0. The standard InChI is InChI=1S/2C10H12O2.C9H12OS.CHF3O3S/c2*1-2-11-8-9-12-10-6-4-3-5-7-10;1-6-4-8(11)5-7(2)9(6)10-3;2-1(3,4)8(5,6)7/h2*2-7H,1,8-9H2;4-5,11H,1-3H3;(H,5,6,7). The molecule has 238 valence electrons. The molecule has 0 heterocycles. The second kappa shape index (κ2) is 21.8. The Labute approximate surface area is 256 Å². The highest BCUT2D eigenvalue weighted by atomic mass is 32.2. The van der Waals surface area contributed by atoms with Crippen molar-refractivity contribution in [2.45, 2.75) is 24.3 Å². The second-order valence-corrected chi connectivity index (χ2v) is 9.86. The highest BCUT2D eigenvalue weighted by Crippen LogP contribution is 2.25. The van der Waals surface area contributed by atoms with Crippen molar-refractivity contribution in [3.8, 4) is 17.2 Å². The summed E-state index contributed by atoms with van der Waals surface area (Å²) < 4.78 is 83.2. The Kier molecular flexibility index (Phi) is 19.9. The average molecular weight is 647 g/mol. The number of rotatable bonds is 11. The molecule has 0 fully saturated rings. The largest absolute Gasteiger partial charge is 0.522 e. The van der Waals surface area contributed by atoms with E-state index >= 15 is 0 Å². The lowest BCUT2D eigenvalue weighted by atomic mass is 10.1. The first-order chi connectivity index (χ1) is 20.3. The van der Waals surface area contributed by atoms with Gasteiger partial charge >= 0.3 is 15.6 Å². The fraction of sp³-hybridized carbons (Fsp3) is 0.267. The van der Waals surface area contributed by atoms with Gasteiger partial charge in [0, 0.05) is 4.90 Å². The zero-order chi connectivity index (χ0) is 32.7. The van der Waals surface area contributed by atoms with Crippen LogP contribution in [0.1, 0.15) is 11.1 Å². The van der Waals surface area contributed by atoms with E-state index in [4.69, 9.17) is 36.7 Å². The molecule has 3 aromatic carbocycles. The van der Waals surface area contributed by atoms with Gasteiger partial charge in [-0.3, -0.25) is 4.55 Å². The Balaban J connectivity index is 0.000000554. The molecule has 0 unspecified atom stereocenters. The maximum atomic E-state index is 10.7. The molecule has 0 aliphatic rings. The molecular formula is C30H37F3O8S2. The normalized spacial score (nSPS) is 10.1. The van der Waals surface area contributed by atoms with Crippen molar-refractivity contribution >= 4 is 22.7 Å². The van der Waals surface area contributed by atoms with Gasteiger partial charge in [0.1, 0.15) is 43.7 Å². The fourth-order valence-corrected chi connectivity index (χ4v) is 3.25. The molecule has 3 rings (SSSR count). The van der Waals surface area contributed by atoms with Crippen LogP contribution < -0.4 is 14.2 Å². The van der Waals surface area contributed by atoms with E-state index in [9.17, 15) is 13.2 Å². The second-order valence-electron chi connectivity index (χ2n) is 7.93. The van der Waals surface area contributed by atoms with E-state index in [1.54, 1.807) is 7.11 Å². The van der Waals surface area contributed by atoms with Gasteiger partial charge in [-0.1, -0.05) is 49.6 Å². The van der Waals surface area contributed by atoms with Crippen LogP contribution in [0, 0.1) is 13.8 Å². The third kappa shape index (κ3) is 19.1. The molecule has 0 atom stereocenters. The number of aryl methyl sites for hydroxylation is 2. The SMILES string of the molecule is C=COCCOc1ccccc1.C=COCCOc1ccccc1.COc1c(C)cc(S)cc1C.O=S(=O)(O)C(F)(F)F. The number of thiol groups is 1. The van der Waals surface area contributed by atoms with Gasteiger partial charge in [0.15, 0.2) is 0 Å². The van der Waals surface area contributed by atoms with Gasteiger partial charge < -0.3 is 23.7 Å². The van der Waals surface area contributed by atoms with Crippen LogP contribution in [0.15, 0.2) is 103 Å². The molecule has 0 bridgehead atoms. The number of hydrogen-bond donors (Lipinski definition) is 2. The van der Waals surface area contributed by atoms with Crippen molar-refractivity contribution in [1.82, 2.24) is 0 Å². The van der Waals surface area contributed by atoms with E-state index < -0.39 is 15.6 Å². The van der Waals surface area contributed by atoms with Crippen LogP contribution in [0.5, 0.6) is 17.2 Å². The lowest BCUT2D eigenvalue weighted by Crippen LogP contribution is -2.21. The first-order valence-electron chi connectivity index (χ1n) is 12.4. The van der Waals surface area contributed by atoms with Crippen molar-refractivity contribution in [2.24, 2.45) is 0 Å². The maximum absolute atomic E-state index is 10.7. The maximum Gasteiger partial charge on any atom is 0.522 e. The van der Waals surface area contributed by atoms with Gasteiger partial charge in [0.25, 0.3) is 0 Å².